The van der Waals surface area contributed by atoms with Gasteiger partial charge in [-0.3, -0.25) is 4.79 Å². The molecule has 1 fully saturated rings. The van der Waals surface area contributed by atoms with Crippen LogP contribution in [0.15, 0.2) is 0 Å². The Morgan fingerprint density at radius 1 is 1.28 bits per heavy atom. The number of nitrogens with one attached hydrogen (secondary N) is 1. The van der Waals surface area contributed by atoms with Crippen molar-refractivity contribution in [3.05, 3.63) is 0 Å². The fourth-order valence-corrected chi connectivity index (χ4v) is 2.54. The van der Waals surface area contributed by atoms with Crippen LogP contribution in [0.2, 0.25) is 0 Å². The number of carbonyl (C=O) groups excluding carboxylic acids is 1. The van der Waals surface area contributed by atoms with Gasteiger partial charge in [0.1, 0.15) is 0 Å². The summed E-state index contributed by atoms with van der Waals surface area (Å²) in [5, 5.41) is 3.02. The van der Waals surface area contributed by atoms with Crippen molar-refractivity contribution in [1.29, 1.82) is 0 Å². The highest BCUT2D eigenvalue weighted by Gasteiger charge is 2.30. The van der Waals surface area contributed by atoms with Crippen LogP contribution in [0.25, 0.3) is 0 Å². The van der Waals surface area contributed by atoms with Crippen molar-refractivity contribution in [1.82, 2.24) is 5.32 Å². The van der Waals surface area contributed by atoms with E-state index < -0.39 is 0 Å². The van der Waals surface area contributed by atoms with Crippen LogP contribution in [0.4, 0.5) is 0 Å². The van der Waals surface area contributed by atoms with Crippen LogP contribution in [0.5, 0.6) is 0 Å². The van der Waals surface area contributed by atoms with Crippen molar-refractivity contribution < 1.29 is 9.53 Å². The van der Waals surface area contributed by atoms with Gasteiger partial charge in [0.15, 0.2) is 0 Å². The van der Waals surface area contributed by atoms with Crippen LogP contribution in [-0.4, -0.2) is 32.2 Å². The van der Waals surface area contributed by atoms with E-state index >= 15 is 0 Å². The fourth-order valence-electron chi connectivity index (χ4n) is 2.54. The first kappa shape index (κ1) is 15.4. The van der Waals surface area contributed by atoms with Gasteiger partial charge in [-0.05, 0) is 31.2 Å². The highest BCUT2D eigenvalue weighted by atomic mass is 16.5. The first-order valence-corrected chi connectivity index (χ1v) is 7.27. The molecule has 0 atom stereocenters. The molecule has 1 saturated carbocycles. The summed E-state index contributed by atoms with van der Waals surface area (Å²) in [5.41, 5.74) is 6.04. The Labute approximate surface area is 111 Å². The summed E-state index contributed by atoms with van der Waals surface area (Å²) in [6.07, 6.45) is 7.55. The maximum absolute atomic E-state index is 11.7. The average Bonchev–Trinajstić information content (AvgIpc) is 2.42. The lowest BCUT2D eigenvalue weighted by Gasteiger charge is -2.36. The zero-order valence-electron chi connectivity index (χ0n) is 11.7. The van der Waals surface area contributed by atoms with Gasteiger partial charge in [0.25, 0.3) is 0 Å². The molecule has 1 aliphatic rings. The molecule has 4 nitrogen and oxygen atoms in total. The van der Waals surface area contributed by atoms with Crippen LogP contribution < -0.4 is 11.1 Å². The van der Waals surface area contributed by atoms with E-state index in [4.69, 9.17) is 10.5 Å². The molecule has 106 valence electrons. The molecule has 1 aliphatic carbocycles. The van der Waals surface area contributed by atoms with E-state index in [9.17, 15) is 4.79 Å². The molecule has 0 aliphatic heterocycles. The summed E-state index contributed by atoms with van der Waals surface area (Å²) in [7, 11) is 0. The molecule has 4 heteroatoms. The van der Waals surface area contributed by atoms with Crippen LogP contribution >= 0.6 is 0 Å². The zero-order valence-corrected chi connectivity index (χ0v) is 11.7. The largest absolute Gasteiger partial charge is 0.381 e. The zero-order chi connectivity index (χ0) is 13.3. The van der Waals surface area contributed by atoms with Gasteiger partial charge < -0.3 is 15.8 Å². The van der Waals surface area contributed by atoms with Crippen molar-refractivity contribution in [2.24, 2.45) is 11.1 Å². The van der Waals surface area contributed by atoms with Crippen LogP contribution in [0.3, 0.4) is 0 Å². The molecule has 3 N–H and O–H groups in total. The predicted octanol–water partition coefficient (Wildman–Crippen LogP) is 1.83. The van der Waals surface area contributed by atoms with Gasteiger partial charge in [-0.2, -0.15) is 0 Å². The van der Waals surface area contributed by atoms with Crippen molar-refractivity contribution in [3.63, 3.8) is 0 Å². The van der Waals surface area contributed by atoms with Crippen molar-refractivity contribution in [3.8, 4) is 0 Å². The van der Waals surface area contributed by atoms with Gasteiger partial charge in [0, 0.05) is 19.6 Å². The van der Waals surface area contributed by atoms with Crippen LogP contribution in [0, 0.1) is 5.41 Å². The Morgan fingerprint density at radius 2 is 2.00 bits per heavy atom. The van der Waals surface area contributed by atoms with Gasteiger partial charge in [-0.1, -0.05) is 26.2 Å². The maximum Gasteiger partial charge on any atom is 0.222 e. The molecule has 0 heterocycles. The number of hydrogen-bond donors (Lipinski definition) is 2. The molecular formula is C14H28N2O2. The third-order valence-corrected chi connectivity index (χ3v) is 3.83. The number of nitrogens with two attached hydrogens (primary N) is 1. The Kier molecular flexibility index (Phi) is 7.28. The molecule has 0 unspecified atom stereocenters. The Hall–Kier alpha value is -0.610. The second-order valence-electron chi connectivity index (χ2n) is 5.40. The Morgan fingerprint density at radius 3 is 2.61 bits per heavy atom. The van der Waals surface area contributed by atoms with Gasteiger partial charge in [0.05, 0.1) is 6.61 Å². The smallest absolute Gasteiger partial charge is 0.222 e. The monoisotopic (exact) mass is 256 g/mol. The molecule has 1 amide bonds. The highest BCUT2D eigenvalue weighted by molar-refractivity contribution is 5.76. The van der Waals surface area contributed by atoms with Crippen LogP contribution in [-0.2, 0) is 9.53 Å². The van der Waals surface area contributed by atoms with E-state index in [1.54, 1.807) is 0 Å². The summed E-state index contributed by atoms with van der Waals surface area (Å²) in [6.45, 7) is 4.74. The minimum Gasteiger partial charge on any atom is -0.381 e. The maximum atomic E-state index is 11.7. The molecule has 0 aromatic rings. The Bertz CT molecular complexity index is 238. The third kappa shape index (κ3) is 5.36. The van der Waals surface area contributed by atoms with E-state index in [2.05, 4.69) is 12.2 Å². The van der Waals surface area contributed by atoms with Gasteiger partial charge >= 0.3 is 0 Å². The van der Waals surface area contributed by atoms with E-state index in [0.717, 1.165) is 32.4 Å². The first-order chi connectivity index (χ1) is 8.72. The number of carbonyl (C=O) groups is 1. The second kappa shape index (κ2) is 8.48. The summed E-state index contributed by atoms with van der Waals surface area (Å²) in [6, 6.07) is 0. The van der Waals surface area contributed by atoms with E-state index in [1.165, 1.54) is 19.3 Å². The SMILES string of the molecule is CCCOCCC(=O)NCC1(CN)CCCCC1. The standard InChI is InChI=1S/C14H28N2O2/c1-2-9-18-10-6-13(17)16-12-14(11-15)7-4-3-5-8-14/h2-12,15H2,1H3,(H,16,17). The number of hydrogen-bond acceptors (Lipinski definition) is 3. The summed E-state index contributed by atoms with van der Waals surface area (Å²) in [5.74, 6) is 0.0875. The number of amides is 1. The molecule has 0 aromatic heterocycles. The van der Waals surface area contributed by atoms with Gasteiger partial charge in [0.2, 0.25) is 5.91 Å². The number of rotatable bonds is 8. The average molecular weight is 256 g/mol. The Balaban J connectivity index is 2.19. The van der Waals surface area contributed by atoms with E-state index in [1.807, 2.05) is 0 Å². The lowest BCUT2D eigenvalue weighted by Crippen LogP contribution is -2.43. The molecule has 0 spiro atoms. The molecular weight excluding hydrogens is 228 g/mol. The topological polar surface area (TPSA) is 64.3 Å². The lowest BCUT2D eigenvalue weighted by molar-refractivity contribution is -0.122. The molecule has 0 radical (unpaired) electrons. The van der Waals surface area contributed by atoms with E-state index in [0.29, 0.717) is 19.6 Å². The van der Waals surface area contributed by atoms with Crippen molar-refractivity contribution in [2.75, 3.05) is 26.3 Å². The summed E-state index contributed by atoms with van der Waals surface area (Å²) >= 11 is 0. The quantitative estimate of drug-likeness (QED) is 0.651. The minimum atomic E-state index is 0.0875. The van der Waals surface area contributed by atoms with Crippen molar-refractivity contribution >= 4 is 5.91 Å². The predicted molar refractivity (Wildman–Crippen MR) is 73.3 cm³/mol. The van der Waals surface area contributed by atoms with Gasteiger partial charge in [-0.25, -0.2) is 0 Å². The lowest BCUT2D eigenvalue weighted by atomic mass is 9.74. The molecule has 0 saturated heterocycles. The molecule has 1 rings (SSSR count). The first-order valence-electron chi connectivity index (χ1n) is 7.27. The molecule has 0 aromatic carbocycles. The summed E-state index contributed by atoms with van der Waals surface area (Å²) in [4.78, 5) is 11.7. The third-order valence-electron chi connectivity index (χ3n) is 3.83. The normalized spacial score (nSPS) is 18.6. The van der Waals surface area contributed by atoms with Crippen molar-refractivity contribution in [2.45, 2.75) is 51.9 Å². The van der Waals surface area contributed by atoms with E-state index in [-0.39, 0.29) is 11.3 Å². The van der Waals surface area contributed by atoms with Gasteiger partial charge in [-0.15, -0.1) is 0 Å². The summed E-state index contributed by atoms with van der Waals surface area (Å²) < 4.78 is 5.31. The molecule has 0 bridgehead atoms. The fraction of sp³-hybridized carbons (Fsp3) is 0.929. The number of ether oxygens (including phenoxy) is 1. The molecule has 18 heavy (non-hydrogen) atoms. The highest BCUT2D eigenvalue weighted by Crippen LogP contribution is 2.34. The minimum absolute atomic E-state index is 0.0875. The second-order valence-corrected chi connectivity index (χ2v) is 5.40. The van der Waals surface area contributed by atoms with Crippen LogP contribution in [0.1, 0.15) is 51.9 Å².